The molecular weight excluding hydrogens is 527 g/mol. The third-order valence-corrected chi connectivity index (χ3v) is 7.77. The first kappa shape index (κ1) is 24.3. The van der Waals surface area contributed by atoms with Gasteiger partial charge in [-0.15, -0.1) is 0 Å². The number of anilines is 1. The van der Waals surface area contributed by atoms with Crippen LogP contribution in [-0.2, 0) is 0 Å². The number of nitrogens with one attached hydrogen (secondary N) is 2. The molecule has 1 saturated heterocycles. The second-order valence-corrected chi connectivity index (χ2v) is 10.5. The Morgan fingerprint density at radius 2 is 1.87 bits per heavy atom. The predicted octanol–water partition coefficient (Wildman–Crippen LogP) is 6.11. The molecule has 11 heteroatoms. The van der Waals surface area contributed by atoms with E-state index in [1.807, 2.05) is 42.6 Å². The predicted molar refractivity (Wildman–Crippen MR) is 145 cm³/mol. The number of hydrogen-bond acceptors (Lipinski definition) is 6. The van der Waals surface area contributed by atoms with E-state index in [0.717, 1.165) is 46.0 Å². The molecule has 0 radical (unpaired) electrons. The molecule has 7 rings (SSSR count). The van der Waals surface area contributed by atoms with Crippen molar-refractivity contribution in [1.29, 1.82) is 0 Å². The van der Waals surface area contributed by atoms with Crippen molar-refractivity contribution in [2.75, 3.05) is 24.5 Å². The molecule has 4 aromatic heterocycles. The Morgan fingerprint density at radius 3 is 2.67 bits per heavy atom. The molecule has 1 aromatic carbocycles. The van der Waals surface area contributed by atoms with E-state index in [4.69, 9.17) is 21.6 Å². The molecular formula is C28H23ClF3N7. The van der Waals surface area contributed by atoms with Gasteiger partial charge in [-0.3, -0.25) is 4.98 Å². The largest absolute Gasteiger partial charge is 0.405 e. The summed E-state index contributed by atoms with van der Waals surface area (Å²) in [6.45, 7) is 0.374. The van der Waals surface area contributed by atoms with Gasteiger partial charge in [0, 0.05) is 64.6 Å². The zero-order valence-corrected chi connectivity index (χ0v) is 21.4. The molecule has 0 amide bonds. The number of nitrogens with zero attached hydrogens (tertiary/aromatic N) is 5. The summed E-state index contributed by atoms with van der Waals surface area (Å²) in [6, 6.07) is 9.66. The van der Waals surface area contributed by atoms with Crippen molar-refractivity contribution in [3.63, 3.8) is 0 Å². The Kier molecular flexibility index (Phi) is 5.71. The summed E-state index contributed by atoms with van der Waals surface area (Å²) in [5, 5.41) is 4.78. The lowest BCUT2D eigenvalue weighted by atomic mass is 10.1. The van der Waals surface area contributed by atoms with E-state index in [0.29, 0.717) is 40.3 Å². The number of alkyl halides is 3. The van der Waals surface area contributed by atoms with Gasteiger partial charge in [-0.1, -0.05) is 29.8 Å². The second kappa shape index (κ2) is 9.17. The zero-order chi connectivity index (χ0) is 26.7. The summed E-state index contributed by atoms with van der Waals surface area (Å²) in [6.07, 6.45) is 2.83. The third kappa shape index (κ3) is 4.37. The number of pyridine rings is 2. The number of benzene rings is 1. The average Bonchev–Trinajstić information content (AvgIpc) is 3.69. The molecule has 1 saturated carbocycles. The minimum Gasteiger partial charge on any atom is -0.353 e. The Bertz CT molecular complexity index is 1710. The van der Waals surface area contributed by atoms with Gasteiger partial charge in [0.2, 0.25) is 0 Å². The van der Waals surface area contributed by atoms with Crippen LogP contribution in [0.25, 0.3) is 44.6 Å². The minimum absolute atomic E-state index is 0.202. The minimum atomic E-state index is -4.36. The molecule has 1 aliphatic heterocycles. The van der Waals surface area contributed by atoms with Gasteiger partial charge in [-0.25, -0.2) is 15.0 Å². The highest BCUT2D eigenvalue weighted by atomic mass is 35.5. The van der Waals surface area contributed by atoms with Gasteiger partial charge >= 0.3 is 6.18 Å². The quantitative estimate of drug-likeness (QED) is 0.282. The molecule has 0 bridgehead atoms. The monoisotopic (exact) mass is 549 g/mol. The van der Waals surface area contributed by atoms with Crippen molar-refractivity contribution in [2.24, 2.45) is 0 Å². The Balaban J connectivity index is 1.41. The SMILES string of the molecule is FC(F)(F)[C@H]1CN(c2nc(-c3ccnc4[nH]c(-c5ccccc5Cl)cc34)nc3cncc(C4CC4)c23)CCN1. The maximum atomic E-state index is 13.7. The van der Waals surface area contributed by atoms with Gasteiger partial charge in [0.25, 0.3) is 0 Å². The Hall–Kier alpha value is -3.76. The van der Waals surface area contributed by atoms with E-state index >= 15 is 0 Å². The van der Waals surface area contributed by atoms with Crippen molar-refractivity contribution < 1.29 is 13.2 Å². The third-order valence-electron chi connectivity index (χ3n) is 7.44. The summed E-state index contributed by atoms with van der Waals surface area (Å²) in [5.74, 6) is 1.25. The number of H-pyrrole nitrogens is 1. The van der Waals surface area contributed by atoms with Crippen molar-refractivity contribution in [2.45, 2.75) is 31.0 Å². The standard InChI is InChI=1S/C28H23ClF3N7/c29-20-4-2-1-3-17(20)21-11-18-16(7-8-35-25(18)36-21)26-37-22-13-33-12-19(15-5-6-15)24(22)27(38-26)39-10-9-34-23(14-39)28(30,31)32/h1-4,7-8,11-13,15,23,34H,5-6,9-10,14H2,(H,35,36)/t23-/m1/s1. The molecule has 7 nitrogen and oxygen atoms in total. The summed E-state index contributed by atoms with van der Waals surface area (Å²) in [5.41, 5.74) is 4.60. The van der Waals surface area contributed by atoms with Crippen molar-refractivity contribution in [3.05, 3.63) is 65.6 Å². The summed E-state index contributed by atoms with van der Waals surface area (Å²) < 4.78 is 41.1. The number of hydrogen-bond donors (Lipinski definition) is 2. The fourth-order valence-corrected chi connectivity index (χ4v) is 5.59. The normalized spacial score (nSPS) is 18.3. The van der Waals surface area contributed by atoms with Crippen LogP contribution in [0.3, 0.4) is 0 Å². The lowest BCUT2D eigenvalue weighted by Gasteiger charge is -2.36. The molecule has 0 unspecified atom stereocenters. The van der Waals surface area contributed by atoms with Crippen molar-refractivity contribution in [3.8, 4) is 22.6 Å². The highest BCUT2D eigenvalue weighted by Crippen LogP contribution is 2.45. The van der Waals surface area contributed by atoms with Crippen LogP contribution in [0, 0.1) is 0 Å². The fraction of sp³-hybridized carbons (Fsp3) is 0.286. The van der Waals surface area contributed by atoms with Crippen molar-refractivity contribution >= 4 is 39.4 Å². The number of fused-ring (bicyclic) bond motifs is 2. The van der Waals surface area contributed by atoms with Crippen LogP contribution in [0.1, 0.15) is 24.3 Å². The first-order valence-corrected chi connectivity index (χ1v) is 13.2. The first-order valence-electron chi connectivity index (χ1n) is 12.8. The van der Waals surface area contributed by atoms with Crippen LogP contribution < -0.4 is 10.2 Å². The lowest BCUT2D eigenvalue weighted by molar-refractivity contribution is -0.155. The van der Waals surface area contributed by atoms with Crippen molar-refractivity contribution in [1.82, 2.24) is 30.2 Å². The van der Waals surface area contributed by atoms with Gasteiger partial charge in [0.15, 0.2) is 5.82 Å². The molecule has 0 spiro atoms. The highest BCUT2D eigenvalue weighted by molar-refractivity contribution is 6.33. The van der Waals surface area contributed by atoms with Crippen LogP contribution in [-0.4, -0.2) is 56.8 Å². The van der Waals surface area contributed by atoms with E-state index in [1.165, 1.54) is 0 Å². The van der Waals surface area contributed by atoms with Gasteiger partial charge in [-0.2, -0.15) is 13.2 Å². The molecule has 5 heterocycles. The molecule has 2 aliphatic rings. The van der Waals surface area contributed by atoms with Gasteiger partial charge in [-0.05, 0) is 42.5 Å². The number of piperazine rings is 1. The summed E-state index contributed by atoms with van der Waals surface area (Å²) >= 11 is 6.44. The fourth-order valence-electron chi connectivity index (χ4n) is 5.35. The number of halogens is 4. The van der Waals surface area contributed by atoms with Crippen LogP contribution in [0.15, 0.2) is 55.0 Å². The van der Waals surface area contributed by atoms with Crippen LogP contribution in [0.2, 0.25) is 5.02 Å². The first-order chi connectivity index (χ1) is 18.9. The maximum Gasteiger partial charge on any atom is 0.405 e. The average molecular weight is 550 g/mol. The van der Waals surface area contributed by atoms with Gasteiger partial charge in [0.1, 0.15) is 17.5 Å². The van der Waals surface area contributed by atoms with E-state index in [-0.39, 0.29) is 13.1 Å². The number of aromatic amines is 1. The molecule has 1 atom stereocenters. The van der Waals surface area contributed by atoms with E-state index < -0.39 is 12.2 Å². The van der Waals surface area contributed by atoms with Gasteiger partial charge < -0.3 is 15.2 Å². The molecule has 2 N–H and O–H groups in total. The van der Waals surface area contributed by atoms with Crippen LogP contribution in [0.4, 0.5) is 19.0 Å². The van der Waals surface area contributed by atoms with Crippen LogP contribution in [0.5, 0.6) is 0 Å². The maximum absolute atomic E-state index is 13.7. The Morgan fingerprint density at radius 1 is 1.03 bits per heavy atom. The molecule has 2 fully saturated rings. The second-order valence-electron chi connectivity index (χ2n) is 10.0. The Labute approximate surface area is 226 Å². The molecule has 198 valence electrons. The number of rotatable bonds is 4. The smallest absolute Gasteiger partial charge is 0.353 e. The molecule has 5 aromatic rings. The zero-order valence-electron chi connectivity index (χ0n) is 20.6. The van der Waals surface area contributed by atoms with Crippen LogP contribution >= 0.6 is 11.6 Å². The highest BCUT2D eigenvalue weighted by Gasteiger charge is 2.43. The number of aromatic nitrogens is 5. The van der Waals surface area contributed by atoms with Gasteiger partial charge in [0.05, 0.1) is 11.7 Å². The molecule has 1 aliphatic carbocycles. The topological polar surface area (TPSA) is 82.6 Å². The van der Waals surface area contributed by atoms with E-state index in [1.54, 1.807) is 17.3 Å². The van der Waals surface area contributed by atoms with E-state index in [2.05, 4.69) is 20.3 Å². The summed E-state index contributed by atoms with van der Waals surface area (Å²) in [7, 11) is 0. The summed E-state index contributed by atoms with van der Waals surface area (Å²) in [4.78, 5) is 23.8. The molecule has 39 heavy (non-hydrogen) atoms. The van der Waals surface area contributed by atoms with E-state index in [9.17, 15) is 13.2 Å². The lowest BCUT2D eigenvalue weighted by Crippen LogP contribution is -2.57.